The normalized spacial score (nSPS) is 15.0. The number of anilines is 1. The molecule has 3 rings (SSSR count). The smallest absolute Gasteiger partial charge is 0.227 e. The first-order chi connectivity index (χ1) is 9.22. The van der Waals surface area contributed by atoms with E-state index in [1.807, 2.05) is 37.3 Å². The summed E-state index contributed by atoms with van der Waals surface area (Å²) in [5.41, 5.74) is 3.78. The van der Waals surface area contributed by atoms with Crippen LogP contribution in [0.3, 0.4) is 0 Å². The van der Waals surface area contributed by atoms with Gasteiger partial charge in [0, 0.05) is 22.9 Å². The Bertz CT molecular complexity index is 599. The van der Waals surface area contributed by atoms with Crippen molar-refractivity contribution >= 4 is 11.6 Å². The van der Waals surface area contributed by atoms with E-state index in [0.29, 0.717) is 0 Å². The fourth-order valence-corrected chi connectivity index (χ4v) is 2.24. The Kier molecular flexibility index (Phi) is 3.07. The van der Waals surface area contributed by atoms with Crippen molar-refractivity contribution in [3.8, 4) is 11.3 Å². The molecule has 1 aromatic heterocycles. The van der Waals surface area contributed by atoms with Crippen LogP contribution in [0.15, 0.2) is 30.3 Å². The van der Waals surface area contributed by atoms with Crippen molar-refractivity contribution in [2.45, 2.75) is 26.2 Å². The van der Waals surface area contributed by atoms with E-state index in [4.69, 9.17) is 0 Å². The summed E-state index contributed by atoms with van der Waals surface area (Å²) in [6.07, 6.45) is 3.21. The molecule has 1 saturated carbocycles. The Morgan fingerprint density at radius 3 is 2.84 bits per heavy atom. The van der Waals surface area contributed by atoms with Gasteiger partial charge in [-0.1, -0.05) is 18.6 Å². The standard InChI is InChI=1S/C15H17N3O/c1-10-8-14(18-17-10)12-6-3-7-13(9-12)16-15(19)11-4-2-5-11/h3,6-9,11H,2,4-5H2,1H3,(H,16,19)(H,17,18). The lowest BCUT2D eigenvalue weighted by molar-refractivity contribution is -0.122. The molecule has 0 atom stereocenters. The Balaban J connectivity index is 1.77. The second-order valence-corrected chi connectivity index (χ2v) is 5.13. The lowest BCUT2D eigenvalue weighted by Crippen LogP contribution is -2.27. The van der Waals surface area contributed by atoms with Crippen molar-refractivity contribution < 1.29 is 4.79 Å². The number of amides is 1. The Morgan fingerprint density at radius 1 is 1.37 bits per heavy atom. The molecule has 0 radical (unpaired) electrons. The number of H-pyrrole nitrogens is 1. The van der Waals surface area contributed by atoms with E-state index in [0.717, 1.165) is 35.5 Å². The first-order valence-corrected chi connectivity index (χ1v) is 6.66. The SMILES string of the molecule is Cc1cc(-c2cccc(NC(=O)C3CCC3)c2)n[nH]1. The van der Waals surface area contributed by atoms with Gasteiger partial charge < -0.3 is 5.32 Å². The zero-order valence-corrected chi connectivity index (χ0v) is 10.9. The van der Waals surface area contributed by atoms with Crippen LogP contribution < -0.4 is 5.32 Å². The van der Waals surface area contributed by atoms with Crippen molar-refractivity contribution in [3.05, 3.63) is 36.0 Å². The van der Waals surface area contributed by atoms with Crippen LogP contribution >= 0.6 is 0 Å². The van der Waals surface area contributed by atoms with Crippen molar-refractivity contribution in [1.82, 2.24) is 10.2 Å². The van der Waals surface area contributed by atoms with Crippen LogP contribution in [0, 0.1) is 12.8 Å². The van der Waals surface area contributed by atoms with Crippen molar-refractivity contribution in [1.29, 1.82) is 0 Å². The van der Waals surface area contributed by atoms with Crippen LogP contribution in [0.5, 0.6) is 0 Å². The number of carbonyl (C=O) groups is 1. The third kappa shape index (κ3) is 2.52. The van der Waals surface area contributed by atoms with Crippen LogP contribution in [0.2, 0.25) is 0 Å². The first-order valence-electron chi connectivity index (χ1n) is 6.66. The van der Waals surface area contributed by atoms with Gasteiger partial charge in [-0.25, -0.2) is 0 Å². The lowest BCUT2D eigenvalue weighted by atomic mass is 9.85. The fourth-order valence-electron chi connectivity index (χ4n) is 2.24. The molecule has 0 aliphatic heterocycles. The van der Waals surface area contributed by atoms with Gasteiger partial charge >= 0.3 is 0 Å². The van der Waals surface area contributed by atoms with Gasteiger partial charge in [-0.05, 0) is 38.0 Å². The number of nitrogens with one attached hydrogen (secondary N) is 2. The molecule has 2 N–H and O–H groups in total. The van der Waals surface area contributed by atoms with Crippen LogP contribution in [0.1, 0.15) is 25.0 Å². The van der Waals surface area contributed by atoms with Gasteiger partial charge in [0.1, 0.15) is 0 Å². The molecule has 4 nitrogen and oxygen atoms in total. The molecule has 0 unspecified atom stereocenters. The molecule has 0 bridgehead atoms. The molecule has 0 saturated heterocycles. The molecule has 1 fully saturated rings. The summed E-state index contributed by atoms with van der Waals surface area (Å²) in [6, 6.07) is 9.81. The predicted octanol–water partition coefficient (Wildman–Crippen LogP) is 3.12. The first kappa shape index (κ1) is 12.0. The van der Waals surface area contributed by atoms with Crippen molar-refractivity contribution in [2.75, 3.05) is 5.32 Å². The maximum atomic E-state index is 11.9. The van der Waals surface area contributed by atoms with Gasteiger partial charge in [-0.15, -0.1) is 0 Å². The van der Waals surface area contributed by atoms with Crippen molar-refractivity contribution in [2.24, 2.45) is 5.92 Å². The van der Waals surface area contributed by atoms with Crippen LogP contribution in [-0.4, -0.2) is 16.1 Å². The van der Waals surface area contributed by atoms with Crippen LogP contribution in [0.25, 0.3) is 11.3 Å². The third-order valence-corrected chi connectivity index (χ3v) is 3.61. The van der Waals surface area contributed by atoms with E-state index in [1.165, 1.54) is 6.42 Å². The number of aryl methyl sites for hydroxylation is 1. The molecule has 1 aliphatic rings. The van der Waals surface area contributed by atoms with Gasteiger partial charge in [0.15, 0.2) is 0 Å². The van der Waals surface area contributed by atoms with Gasteiger partial charge in [-0.2, -0.15) is 5.10 Å². The molecule has 1 aliphatic carbocycles. The summed E-state index contributed by atoms with van der Waals surface area (Å²) in [5.74, 6) is 0.345. The number of nitrogens with zero attached hydrogens (tertiary/aromatic N) is 1. The average Bonchev–Trinajstić information content (AvgIpc) is 2.74. The summed E-state index contributed by atoms with van der Waals surface area (Å²) in [4.78, 5) is 11.9. The minimum Gasteiger partial charge on any atom is -0.326 e. The van der Waals surface area contributed by atoms with E-state index >= 15 is 0 Å². The van der Waals surface area contributed by atoms with E-state index in [1.54, 1.807) is 0 Å². The fraction of sp³-hybridized carbons (Fsp3) is 0.333. The maximum absolute atomic E-state index is 11.9. The summed E-state index contributed by atoms with van der Waals surface area (Å²) in [5, 5.41) is 10.1. The number of benzene rings is 1. The molecule has 1 amide bonds. The Labute approximate surface area is 112 Å². The number of aromatic nitrogens is 2. The lowest BCUT2D eigenvalue weighted by Gasteiger charge is -2.24. The van der Waals surface area contributed by atoms with Gasteiger partial charge in [0.05, 0.1) is 5.69 Å². The van der Waals surface area contributed by atoms with Gasteiger partial charge in [-0.3, -0.25) is 9.89 Å². The summed E-state index contributed by atoms with van der Waals surface area (Å²) >= 11 is 0. The Morgan fingerprint density at radius 2 is 2.21 bits per heavy atom. The molecule has 1 aromatic carbocycles. The van der Waals surface area contributed by atoms with E-state index < -0.39 is 0 Å². The highest BCUT2D eigenvalue weighted by Gasteiger charge is 2.25. The van der Waals surface area contributed by atoms with E-state index in [-0.39, 0.29) is 11.8 Å². The summed E-state index contributed by atoms with van der Waals surface area (Å²) in [7, 11) is 0. The topological polar surface area (TPSA) is 57.8 Å². The second-order valence-electron chi connectivity index (χ2n) is 5.13. The minimum absolute atomic E-state index is 0.140. The van der Waals surface area contributed by atoms with E-state index in [9.17, 15) is 4.79 Å². The average molecular weight is 255 g/mol. The predicted molar refractivity (Wildman–Crippen MR) is 74.7 cm³/mol. The number of hydrogen-bond acceptors (Lipinski definition) is 2. The van der Waals surface area contributed by atoms with E-state index in [2.05, 4.69) is 15.5 Å². The minimum atomic E-state index is 0.140. The molecular formula is C15H17N3O. The molecule has 98 valence electrons. The molecule has 19 heavy (non-hydrogen) atoms. The zero-order chi connectivity index (χ0) is 13.2. The van der Waals surface area contributed by atoms with Gasteiger partial charge in [0.2, 0.25) is 5.91 Å². The van der Waals surface area contributed by atoms with Crippen LogP contribution in [0.4, 0.5) is 5.69 Å². The molecule has 0 spiro atoms. The highest BCUT2D eigenvalue weighted by molar-refractivity contribution is 5.93. The quantitative estimate of drug-likeness (QED) is 0.885. The highest BCUT2D eigenvalue weighted by Crippen LogP contribution is 2.28. The molecule has 1 heterocycles. The summed E-state index contributed by atoms with van der Waals surface area (Å²) in [6.45, 7) is 1.97. The van der Waals surface area contributed by atoms with Crippen LogP contribution in [-0.2, 0) is 4.79 Å². The summed E-state index contributed by atoms with van der Waals surface area (Å²) < 4.78 is 0. The van der Waals surface area contributed by atoms with Gasteiger partial charge in [0.25, 0.3) is 0 Å². The largest absolute Gasteiger partial charge is 0.326 e. The monoisotopic (exact) mass is 255 g/mol. The molecule has 4 heteroatoms. The number of carbonyl (C=O) groups excluding carboxylic acids is 1. The van der Waals surface area contributed by atoms with Crippen molar-refractivity contribution in [3.63, 3.8) is 0 Å². The Hall–Kier alpha value is -2.10. The number of hydrogen-bond donors (Lipinski definition) is 2. The zero-order valence-electron chi connectivity index (χ0n) is 10.9. The highest BCUT2D eigenvalue weighted by atomic mass is 16.1. The molecule has 2 aromatic rings. The third-order valence-electron chi connectivity index (χ3n) is 3.61. The second kappa shape index (κ2) is 4.88. The maximum Gasteiger partial charge on any atom is 0.227 e. The molecular weight excluding hydrogens is 238 g/mol. The number of rotatable bonds is 3. The number of aromatic amines is 1.